The molecule has 1 saturated carbocycles. The third-order valence-electron chi connectivity index (χ3n) is 4.00. The maximum absolute atomic E-state index is 13.9. The van der Waals surface area contributed by atoms with Gasteiger partial charge >= 0.3 is 0 Å². The molecule has 18 heavy (non-hydrogen) atoms. The lowest BCUT2D eigenvalue weighted by molar-refractivity contribution is 0.203. The van der Waals surface area contributed by atoms with E-state index in [9.17, 15) is 4.39 Å². The highest BCUT2D eigenvalue weighted by atomic mass is 19.1. The molecule has 4 atom stereocenters. The Kier molecular flexibility index (Phi) is 4.03. The monoisotopic (exact) mass is 250 g/mol. The van der Waals surface area contributed by atoms with Gasteiger partial charge in [-0.15, -0.1) is 0 Å². The summed E-state index contributed by atoms with van der Waals surface area (Å²) in [6.07, 6.45) is 1.29. The summed E-state index contributed by atoms with van der Waals surface area (Å²) in [5.74, 6) is 1.40. The summed E-state index contributed by atoms with van der Waals surface area (Å²) in [7, 11) is 2.05. The lowest BCUT2D eigenvalue weighted by Gasteiger charge is -2.31. The van der Waals surface area contributed by atoms with Crippen LogP contribution in [0.3, 0.4) is 0 Å². The van der Waals surface area contributed by atoms with E-state index in [0.29, 0.717) is 5.56 Å². The van der Waals surface area contributed by atoms with Crippen LogP contribution in [0.15, 0.2) is 24.3 Å². The molecule has 0 aliphatic heterocycles. The number of rotatable bonds is 5. The van der Waals surface area contributed by atoms with Crippen molar-refractivity contribution in [3.63, 3.8) is 0 Å². The summed E-state index contributed by atoms with van der Waals surface area (Å²) in [5.41, 5.74) is 6.77. The van der Waals surface area contributed by atoms with E-state index in [1.165, 1.54) is 12.5 Å². The molecule has 4 unspecified atom stereocenters. The normalized spacial score (nSPS) is 26.1. The molecule has 2 nitrogen and oxygen atoms in total. The molecule has 1 aliphatic rings. The molecule has 1 aromatic carbocycles. The Bertz CT molecular complexity index is 405. The Hall–Kier alpha value is -0.930. The van der Waals surface area contributed by atoms with Crippen molar-refractivity contribution in [2.45, 2.75) is 32.4 Å². The predicted molar refractivity (Wildman–Crippen MR) is 72.7 cm³/mol. The molecule has 3 heteroatoms. The quantitative estimate of drug-likeness (QED) is 0.870. The van der Waals surface area contributed by atoms with Gasteiger partial charge in [-0.1, -0.05) is 25.1 Å². The largest absolute Gasteiger partial charge is 0.326 e. The fourth-order valence-electron chi connectivity index (χ4n) is 2.77. The van der Waals surface area contributed by atoms with Gasteiger partial charge in [-0.2, -0.15) is 0 Å². The topological polar surface area (TPSA) is 29.3 Å². The lowest BCUT2D eigenvalue weighted by atomic mass is 9.98. The second-order valence-corrected chi connectivity index (χ2v) is 5.74. The molecule has 0 amide bonds. The number of hydrogen-bond donors (Lipinski definition) is 1. The minimum Gasteiger partial charge on any atom is -0.326 e. The molecule has 1 aromatic rings. The summed E-state index contributed by atoms with van der Waals surface area (Å²) >= 11 is 0. The van der Waals surface area contributed by atoms with E-state index in [2.05, 4.69) is 11.8 Å². The van der Waals surface area contributed by atoms with E-state index < -0.39 is 0 Å². The molecule has 2 N–H and O–H groups in total. The van der Waals surface area contributed by atoms with Gasteiger partial charge < -0.3 is 5.73 Å². The van der Waals surface area contributed by atoms with Crippen LogP contribution < -0.4 is 5.73 Å². The first-order valence-electron chi connectivity index (χ1n) is 6.71. The van der Waals surface area contributed by atoms with E-state index in [1.807, 2.05) is 26.1 Å². The van der Waals surface area contributed by atoms with Crippen LogP contribution in [0.25, 0.3) is 0 Å². The van der Waals surface area contributed by atoms with Gasteiger partial charge in [-0.25, -0.2) is 4.39 Å². The number of benzene rings is 1. The Morgan fingerprint density at radius 1 is 1.44 bits per heavy atom. The van der Waals surface area contributed by atoms with Crippen molar-refractivity contribution in [1.29, 1.82) is 0 Å². The van der Waals surface area contributed by atoms with Gasteiger partial charge in [0.05, 0.1) is 6.04 Å². The minimum absolute atomic E-state index is 0.0426. The van der Waals surface area contributed by atoms with Crippen molar-refractivity contribution in [1.82, 2.24) is 4.90 Å². The van der Waals surface area contributed by atoms with Crippen molar-refractivity contribution in [3.8, 4) is 0 Å². The number of nitrogens with zero attached hydrogens (tertiary/aromatic N) is 1. The maximum Gasteiger partial charge on any atom is 0.128 e. The summed E-state index contributed by atoms with van der Waals surface area (Å²) in [5, 5.41) is 0. The molecule has 0 aromatic heterocycles. The molecule has 0 radical (unpaired) electrons. The van der Waals surface area contributed by atoms with Crippen LogP contribution in [0.5, 0.6) is 0 Å². The van der Waals surface area contributed by atoms with Crippen LogP contribution in [0, 0.1) is 17.7 Å². The summed E-state index contributed by atoms with van der Waals surface area (Å²) in [6, 6.07) is 6.83. The Morgan fingerprint density at radius 3 is 2.56 bits per heavy atom. The first-order chi connectivity index (χ1) is 8.50. The van der Waals surface area contributed by atoms with Gasteiger partial charge in [0.2, 0.25) is 0 Å². The third-order valence-corrected chi connectivity index (χ3v) is 4.00. The summed E-state index contributed by atoms with van der Waals surface area (Å²) in [6.45, 7) is 5.22. The fourth-order valence-corrected chi connectivity index (χ4v) is 2.77. The zero-order valence-electron chi connectivity index (χ0n) is 11.4. The molecule has 0 bridgehead atoms. The molecule has 1 fully saturated rings. The van der Waals surface area contributed by atoms with Crippen LogP contribution in [0.4, 0.5) is 4.39 Å². The van der Waals surface area contributed by atoms with Gasteiger partial charge in [0, 0.05) is 18.2 Å². The van der Waals surface area contributed by atoms with E-state index in [1.54, 1.807) is 6.07 Å². The van der Waals surface area contributed by atoms with Crippen molar-refractivity contribution in [2.75, 3.05) is 13.6 Å². The second-order valence-electron chi connectivity index (χ2n) is 5.74. The Labute approximate surface area is 109 Å². The fraction of sp³-hybridized carbons (Fsp3) is 0.600. The van der Waals surface area contributed by atoms with Crippen LogP contribution in [0.1, 0.15) is 31.9 Å². The highest BCUT2D eigenvalue weighted by molar-refractivity contribution is 5.22. The van der Waals surface area contributed by atoms with Crippen LogP contribution >= 0.6 is 0 Å². The standard InChI is InChI=1S/C15H23FN2/c1-10-8-12(10)9-18(3)15(11(2)17)13-6-4-5-7-14(13)16/h4-7,10-12,15H,8-9,17H2,1-3H3. The average Bonchev–Trinajstić information content (AvgIpc) is 2.97. The van der Waals surface area contributed by atoms with E-state index in [-0.39, 0.29) is 17.9 Å². The summed E-state index contributed by atoms with van der Waals surface area (Å²) in [4.78, 5) is 2.21. The van der Waals surface area contributed by atoms with Gasteiger partial charge in [0.15, 0.2) is 0 Å². The van der Waals surface area contributed by atoms with Gasteiger partial charge in [0.25, 0.3) is 0 Å². The van der Waals surface area contributed by atoms with Crippen LogP contribution in [-0.2, 0) is 0 Å². The molecule has 1 aliphatic carbocycles. The summed E-state index contributed by atoms with van der Waals surface area (Å²) < 4.78 is 13.9. The van der Waals surface area contributed by atoms with Crippen molar-refractivity contribution >= 4 is 0 Å². The minimum atomic E-state index is -0.157. The molecular weight excluding hydrogens is 227 g/mol. The van der Waals surface area contributed by atoms with Crippen molar-refractivity contribution < 1.29 is 4.39 Å². The SMILES string of the molecule is CC(N)C(c1ccccc1F)N(C)CC1CC1C. The van der Waals surface area contributed by atoms with E-state index in [4.69, 9.17) is 5.73 Å². The van der Waals surface area contributed by atoms with Crippen molar-refractivity contribution in [2.24, 2.45) is 17.6 Å². The van der Waals surface area contributed by atoms with E-state index >= 15 is 0 Å². The van der Waals surface area contributed by atoms with Crippen LogP contribution in [-0.4, -0.2) is 24.5 Å². The molecule has 2 rings (SSSR count). The first kappa shape index (κ1) is 13.5. The van der Waals surface area contributed by atoms with Gasteiger partial charge in [-0.3, -0.25) is 4.90 Å². The van der Waals surface area contributed by atoms with E-state index in [0.717, 1.165) is 18.4 Å². The smallest absolute Gasteiger partial charge is 0.128 e. The zero-order valence-corrected chi connectivity index (χ0v) is 11.4. The van der Waals surface area contributed by atoms with Gasteiger partial charge in [0.1, 0.15) is 5.82 Å². The third kappa shape index (κ3) is 2.90. The number of likely N-dealkylation sites (N-methyl/N-ethyl adjacent to an activating group) is 1. The van der Waals surface area contributed by atoms with Gasteiger partial charge in [-0.05, 0) is 38.3 Å². The average molecular weight is 250 g/mol. The van der Waals surface area contributed by atoms with Crippen molar-refractivity contribution in [3.05, 3.63) is 35.6 Å². The molecule has 0 saturated heterocycles. The number of halogens is 1. The first-order valence-corrected chi connectivity index (χ1v) is 6.71. The molecule has 0 spiro atoms. The maximum atomic E-state index is 13.9. The number of nitrogens with two attached hydrogens (primary N) is 1. The Morgan fingerprint density at radius 2 is 2.06 bits per heavy atom. The highest BCUT2D eigenvalue weighted by Gasteiger charge is 2.35. The molecular formula is C15H23FN2. The zero-order chi connectivity index (χ0) is 13.3. The predicted octanol–water partition coefficient (Wildman–Crippen LogP) is 2.80. The highest BCUT2D eigenvalue weighted by Crippen LogP contribution is 2.39. The van der Waals surface area contributed by atoms with Crippen LogP contribution in [0.2, 0.25) is 0 Å². The number of hydrogen-bond acceptors (Lipinski definition) is 2. The molecule has 100 valence electrons. The Balaban J connectivity index is 2.15. The second kappa shape index (κ2) is 5.37. The molecule has 0 heterocycles. The lowest BCUT2D eigenvalue weighted by Crippen LogP contribution is -2.38.